The lowest BCUT2D eigenvalue weighted by Crippen LogP contribution is -1.90. The van der Waals surface area contributed by atoms with Crippen molar-refractivity contribution >= 4 is 32.3 Å². The van der Waals surface area contributed by atoms with Crippen molar-refractivity contribution in [2.75, 3.05) is 0 Å². The van der Waals surface area contributed by atoms with Gasteiger partial charge in [-0.3, -0.25) is 4.98 Å². The van der Waals surface area contributed by atoms with Gasteiger partial charge in [-0.25, -0.2) is 0 Å². The Balaban J connectivity index is 1.76. The zero-order valence-corrected chi connectivity index (χ0v) is 16.4. The first-order chi connectivity index (χ1) is 14.9. The molecule has 0 aliphatic heterocycles. The van der Waals surface area contributed by atoms with Crippen LogP contribution in [0.25, 0.3) is 54.7 Å². The molecule has 0 N–H and O–H groups in total. The van der Waals surface area contributed by atoms with Crippen LogP contribution in [0.15, 0.2) is 115 Å². The van der Waals surface area contributed by atoms with Crippen LogP contribution in [-0.2, 0) is 0 Å². The van der Waals surface area contributed by atoms with Crippen LogP contribution in [0.3, 0.4) is 0 Å². The summed E-state index contributed by atoms with van der Waals surface area (Å²) in [4.78, 5) is 4.60. The Hall–Kier alpha value is -3.97. The van der Waals surface area contributed by atoms with Gasteiger partial charge in [0.05, 0.1) is 5.69 Å². The Kier molecular flexibility index (Phi) is 3.85. The van der Waals surface area contributed by atoms with E-state index in [2.05, 4.69) is 102 Å². The molecule has 6 rings (SSSR count). The van der Waals surface area contributed by atoms with Crippen LogP contribution in [0, 0.1) is 0 Å². The molecule has 5 aromatic carbocycles. The molecule has 0 aliphatic rings. The third kappa shape index (κ3) is 2.60. The molecule has 0 saturated heterocycles. The Labute approximate surface area is 175 Å². The summed E-state index contributed by atoms with van der Waals surface area (Å²) in [5.41, 5.74) is 4.73. The fourth-order valence-corrected chi connectivity index (χ4v) is 4.57. The highest BCUT2D eigenvalue weighted by Gasteiger charge is 2.14. The third-order valence-electron chi connectivity index (χ3n) is 5.91. The van der Waals surface area contributed by atoms with Crippen molar-refractivity contribution in [3.05, 3.63) is 115 Å². The summed E-state index contributed by atoms with van der Waals surface area (Å²) in [6.07, 6.45) is 1.86. The monoisotopic (exact) mass is 381 g/mol. The predicted octanol–water partition coefficient (Wildman–Crippen LogP) is 7.88. The van der Waals surface area contributed by atoms with E-state index in [4.69, 9.17) is 0 Å². The molecule has 0 bridgehead atoms. The van der Waals surface area contributed by atoms with Crippen LogP contribution in [0.5, 0.6) is 0 Å². The average Bonchev–Trinajstić information content (AvgIpc) is 2.82. The van der Waals surface area contributed by atoms with Crippen LogP contribution in [-0.4, -0.2) is 4.98 Å². The molecule has 1 heterocycles. The fourth-order valence-electron chi connectivity index (χ4n) is 4.57. The van der Waals surface area contributed by atoms with Gasteiger partial charge in [-0.05, 0) is 61.6 Å². The van der Waals surface area contributed by atoms with E-state index >= 15 is 0 Å². The van der Waals surface area contributed by atoms with Gasteiger partial charge < -0.3 is 0 Å². The zero-order valence-electron chi connectivity index (χ0n) is 16.4. The SMILES string of the molecule is c1ccc(-c2ccc(-c3c4ccccc4cc4ccccc34)c3ccccc23)nc1. The van der Waals surface area contributed by atoms with E-state index in [1.165, 1.54) is 49.0 Å². The first-order valence-electron chi connectivity index (χ1n) is 10.2. The molecular formula is C29H19N. The number of fused-ring (bicyclic) bond motifs is 3. The second-order valence-corrected chi connectivity index (χ2v) is 7.62. The van der Waals surface area contributed by atoms with Gasteiger partial charge in [0.25, 0.3) is 0 Å². The van der Waals surface area contributed by atoms with Crippen LogP contribution >= 0.6 is 0 Å². The molecule has 0 fully saturated rings. The quantitative estimate of drug-likeness (QED) is 0.278. The first kappa shape index (κ1) is 16.9. The van der Waals surface area contributed by atoms with E-state index in [0.717, 1.165) is 5.69 Å². The Morgan fingerprint density at radius 2 is 0.967 bits per heavy atom. The maximum Gasteiger partial charge on any atom is 0.0708 e. The van der Waals surface area contributed by atoms with Gasteiger partial charge in [-0.2, -0.15) is 0 Å². The van der Waals surface area contributed by atoms with Crippen molar-refractivity contribution < 1.29 is 0 Å². The van der Waals surface area contributed by atoms with Gasteiger partial charge in [0.1, 0.15) is 0 Å². The van der Waals surface area contributed by atoms with Gasteiger partial charge in [-0.15, -0.1) is 0 Å². The van der Waals surface area contributed by atoms with E-state index < -0.39 is 0 Å². The molecule has 0 saturated carbocycles. The summed E-state index contributed by atoms with van der Waals surface area (Å²) in [6, 6.07) is 38.9. The fraction of sp³-hybridized carbons (Fsp3) is 0. The Bertz CT molecular complexity index is 1480. The molecule has 1 nitrogen and oxygen atoms in total. The number of nitrogens with zero attached hydrogens (tertiary/aromatic N) is 1. The summed E-state index contributed by atoms with van der Waals surface area (Å²) < 4.78 is 0. The molecule has 6 aromatic rings. The van der Waals surface area contributed by atoms with Crippen molar-refractivity contribution in [2.45, 2.75) is 0 Å². The number of aromatic nitrogens is 1. The zero-order chi connectivity index (χ0) is 19.9. The van der Waals surface area contributed by atoms with Gasteiger partial charge in [0.15, 0.2) is 0 Å². The van der Waals surface area contributed by atoms with Gasteiger partial charge >= 0.3 is 0 Å². The second-order valence-electron chi connectivity index (χ2n) is 7.62. The molecule has 0 unspecified atom stereocenters. The summed E-state index contributed by atoms with van der Waals surface area (Å²) in [5.74, 6) is 0. The summed E-state index contributed by atoms with van der Waals surface area (Å²) >= 11 is 0. The highest BCUT2D eigenvalue weighted by molar-refractivity contribution is 6.18. The number of rotatable bonds is 2. The topological polar surface area (TPSA) is 12.9 Å². The first-order valence-corrected chi connectivity index (χ1v) is 10.2. The number of benzene rings is 5. The average molecular weight is 381 g/mol. The molecule has 0 aliphatic carbocycles. The number of hydrogen-bond acceptors (Lipinski definition) is 1. The van der Waals surface area contributed by atoms with Crippen LogP contribution in [0.4, 0.5) is 0 Å². The minimum Gasteiger partial charge on any atom is -0.256 e. The molecule has 140 valence electrons. The molecule has 1 aromatic heterocycles. The lowest BCUT2D eigenvalue weighted by molar-refractivity contribution is 1.33. The van der Waals surface area contributed by atoms with E-state index in [-0.39, 0.29) is 0 Å². The summed E-state index contributed by atoms with van der Waals surface area (Å²) in [5, 5.41) is 7.58. The van der Waals surface area contributed by atoms with E-state index in [0.29, 0.717) is 0 Å². The maximum atomic E-state index is 4.60. The van der Waals surface area contributed by atoms with Crippen LogP contribution in [0.2, 0.25) is 0 Å². The standard InChI is InChI=1S/C29H19N/c1-3-11-22-20(9-1)19-21-10-2-4-12-23(21)29(22)27-17-16-26(28-15-7-8-18-30-28)24-13-5-6-14-25(24)27/h1-19H. The molecular weight excluding hydrogens is 362 g/mol. The lowest BCUT2D eigenvalue weighted by Gasteiger charge is -2.16. The summed E-state index contributed by atoms with van der Waals surface area (Å²) in [7, 11) is 0. The molecule has 0 atom stereocenters. The normalized spacial score (nSPS) is 11.3. The summed E-state index contributed by atoms with van der Waals surface area (Å²) in [6.45, 7) is 0. The van der Waals surface area contributed by atoms with Crippen molar-refractivity contribution in [3.63, 3.8) is 0 Å². The number of hydrogen-bond donors (Lipinski definition) is 0. The Morgan fingerprint density at radius 3 is 1.60 bits per heavy atom. The smallest absolute Gasteiger partial charge is 0.0708 e. The lowest BCUT2D eigenvalue weighted by atomic mass is 9.88. The predicted molar refractivity (Wildman–Crippen MR) is 128 cm³/mol. The van der Waals surface area contributed by atoms with Crippen LogP contribution in [0.1, 0.15) is 0 Å². The van der Waals surface area contributed by atoms with E-state index in [9.17, 15) is 0 Å². The van der Waals surface area contributed by atoms with E-state index in [1.54, 1.807) is 0 Å². The van der Waals surface area contributed by atoms with Gasteiger partial charge in [0.2, 0.25) is 0 Å². The molecule has 30 heavy (non-hydrogen) atoms. The molecule has 0 amide bonds. The minimum atomic E-state index is 1.00. The van der Waals surface area contributed by atoms with Gasteiger partial charge in [0, 0.05) is 11.8 Å². The largest absolute Gasteiger partial charge is 0.256 e. The van der Waals surface area contributed by atoms with Crippen molar-refractivity contribution in [3.8, 4) is 22.4 Å². The Morgan fingerprint density at radius 1 is 0.433 bits per heavy atom. The van der Waals surface area contributed by atoms with Gasteiger partial charge in [-0.1, -0.05) is 91.0 Å². The highest BCUT2D eigenvalue weighted by atomic mass is 14.7. The van der Waals surface area contributed by atoms with Crippen molar-refractivity contribution in [1.29, 1.82) is 0 Å². The third-order valence-corrected chi connectivity index (χ3v) is 5.91. The number of pyridine rings is 1. The molecule has 0 radical (unpaired) electrons. The molecule has 0 spiro atoms. The van der Waals surface area contributed by atoms with Crippen molar-refractivity contribution in [2.24, 2.45) is 0 Å². The highest BCUT2D eigenvalue weighted by Crippen LogP contribution is 2.41. The minimum absolute atomic E-state index is 1.00. The second kappa shape index (κ2) is 6.82. The van der Waals surface area contributed by atoms with Crippen LogP contribution < -0.4 is 0 Å². The van der Waals surface area contributed by atoms with Crippen molar-refractivity contribution in [1.82, 2.24) is 4.98 Å². The maximum absolute atomic E-state index is 4.60. The van der Waals surface area contributed by atoms with E-state index in [1.807, 2.05) is 18.3 Å². The molecule has 1 heteroatoms.